The van der Waals surface area contributed by atoms with Crippen LogP contribution < -0.4 is 15.8 Å². The summed E-state index contributed by atoms with van der Waals surface area (Å²) in [4.78, 5) is 26.5. The van der Waals surface area contributed by atoms with Gasteiger partial charge in [0.1, 0.15) is 0 Å². The van der Waals surface area contributed by atoms with Crippen LogP contribution in [0.4, 0.5) is 24.5 Å². The number of anilines is 2. The van der Waals surface area contributed by atoms with Gasteiger partial charge < -0.3 is 5.43 Å². The van der Waals surface area contributed by atoms with Crippen LogP contribution in [0.5, 0.6) is 0 Å². The average Bonchev–Trinajstić information content (AvgIpc) is 2.96. The second kappa shape index (κ2) is 8.45. The van der Waals surface area contributed by atoms with Gasteiger partial charge in [0.25, 0.3) is 5.91 Å². The predicted molar refractivity (Wildman–Crippen MR) is 113 cm³/mol. The molecular formula is C23H24F3N3O2. The van der Waals surface area contributed by atoms with Gasteiger partial charge in [0.2, 0.25) is 5.91 Å². The van der Waals surface area contributed by atoms with E-state index in [-0.39, 0.29) is 17.2 Å². The van der Waals surface area contributed by atoms with Crippen molar-refractivity contribution < 1.29 is 22.8 Å². The summed E-state index contributed by atoms with van der Waals surface area (Å²) < 4.78 is 40.1. The van der Waals surface area contributed by atoms with Gasteiger partial charge in [-0.2, -0.15) is 13.2 Å². The number of carbonyl (C=O) groups is 2. The van der Waals surface area contributed by atoms with Gasteiger partial charge in [-0.05, 0) is 62.6 Å². The Bertz CT molecular complexity index is 1050. The fraction of sp³-hybridized carbons (Fsp3) is 0.304. The lowest BCUT2D eigenvalue weighted by atomic mass is 10.0. The molecular weight excluding hydrogens is 407 g/mol. The first kappa shape index (κ1) is 22.4. The molecule has 31 heavy (non-hydrogen) atoms. The van der Waals surface area contributed by atoms with Gasteiger partial charge in [-0.25, -0.2) is 0 Å². The Kier molecular flexibility index (Phi) is 6.10. The van der Waals surface area contributed by atoms with E-state index in [0.29, 0.717) is 29.8 Å². The number of alkyl halides is 3. The van der Waals surface area contributed by atoms with Crippen LogP contribution in [0.3, 0.4) is 0 Å². The molecule has 0 bridgehead atoms. The molecule has 3 rings (SSSR count). The number of halogens is 3. The van der Waals surface area contributed by atoms with Crippen LogP contribution in [0, 0.1) is 13.8 Å². The normalized spacial score (nSPS) is 15.1. The van der Waals surface area contributed by atoms with Crippen molar-refractivity contribution in [1.29, 1.82) is 0 Å². The zero-order valence-corrected chi connectivity index (χ0v) is 17.8. The summed E-state index contributed by atoms with van der Waals surface area (Å²) in [7, 11) is 0. The number of amides is 2. The van der Waals surface area contributed by atoms with Crippen LogP contribution in [-0.4, -0.2) is 11.8 Å². The number of carbonyl (C=O) groups excluding carboxylic acids is 2. The third-order valence-corrected chi connectivity index (χ3v) is 4.96. The molecule has 0 aromatic heterocycles. The van der Waals surface area contributed by atoms with E-state index >= 15 is 0 Å². The summed E-state index contributed by atoms with van der Waals surface area (Å²) in [6, 6.07) is 8.67. The minimum Gasteiger partial charge on any atom is -0.302 e. The molecule has 8 heteroatoms. The number of allylic oxidation sites excluding steroid dienone is 1. The molecule has 1 heterocycles. The molecule has 0 radical (unpaired) electrons. The third kappa shape index (κ3) is 4.57. The summed E-state index contributed by atoms with van der Waals surface area (Å²) in [5.41, 5.74) is 7.75. The molecule has 1 aliphatic rings. The van der Waals surface area contributed by atoms with Gasteiger partial charge in [-0.15, -0.1) is 0 Å². The summed E-state index contributed by atoms with van der Waals surface area (Å²) in [5, 5.41) is 0. The van der Waals surface area contributed by atoms with Crippen molar-refractivity contribution in [2.24, 2.45) is 0 Å². The minimum atomic E-state index is -4.54. The van der Waals surface area contributed by atoms with Crippen LogP contribution >= 0.6 is 0 Å². The second-order valence-electron chi connectivity index (χ2n) is 7.64. The maximum atomic E-state index is 13.4. The topological polar surface area (TPSA) is 61.4 Å². The predicted octanol–water partition coefficient (Wildman–Crippen LogP) is 5.15. The molecule has 2 aromatic carbocycles. The molecule has 0 atom stereocenters. The smallest absolute Gasteiger partial charge is 0.302 e. The first-order chi connectivity index (χ1) is 14.5. The monoisotopic (exact) mass is 431 g/mol. The molecule has 0 unspecified atom stereocenters. The minimum absolute atomic E-state index is 0.154. The summed E-state index contributed by atoms with van der Waals surface area (Å²) in [6.45, 7) is 7.18. The lowest BCUT2D eigenvalue weighted by Crippen LogP contribution is -2.36. The summed E-state index contributed by atoms with van der Waals surface area (Å²) in [5.74, 6) is -0.708. The molecule has 0 aliphatic carbocycles. The maximum absolute atomic E-state index is 13.4. The first-order valence-corrected chi connectivity index (χ1v) is 9.93. The van der Waals surface area contributed by atoms with Gasteiger partial charge in [0.15, 0.2) is 0 Å². The van der Waals surface area contributed by atoms with E-state index in [1.165, 1.54) is 11.0 Å². The SMILES string of the molecule is CCCC(=O)NN/C(C)=C1\C(=O)N(c2cc(C)cc(C)c2)c2cc(C(F)(F)F)ccc21. The third-order valence-electron chi connectivity index (χ3n) is 4.96. The Balaban J connectivity index is 2.13. The van der Waals surface area contributed by atoms with Gasteiger partial charge in [-0.3, -0.25) is 19.9 Å². The van der Waals surface area contributed by atoms with E-state index in [0.717, 1.165) is 23.3 Å². The number of rotatable bonds is 5. The van der Waals surface area contributed by atoms with Crippen molar-refractivity contribution in [3.8, 4) is 0 Å². The molecule has 2 aromatic rings. The van der Waals surface area contributed by atoms with Crippen LogP contribution in [-0.2, 0) is 15.8 Å². The van der Waals surface area contributed by atoms with Crippen LogP contribution in [0.25, 0.3) is 5.57 Å². The highest BCUT2D eigenvalue weighted by Gasteiger charge is 2.39. The quantitative estimate of drug-likeness (QED) is 0.508. The number of nitrogens with one attached hydrogen (secondary N) is 2. The van der Waals surface area contributed by atoms with Gasteiger partial charge >= 0.3 is 6.18 Å². The van der Waals surface area contributed by atoms with Crippen molar-refractivity contribution >= 4 is 28.8 Å². The number of aryl methyl sites for hydroxylation is 2. The fourth-order valence-electron chi connectivity index (χ4n) is 3.65. The Hall–Kier alpha value is -3.29. The van der Waals surface area contributed by atoms with Crippen molar-refractivity contribution in [2.45, 2.75) is 46.7 Å². The zero-order valence-electron chi connectivity index (χ0n) is 17.8. The largest absolute Gasteiger partial charge is 0.416 e. The molecule has 0 fully saturated rings. The number of fused-ring (bicyclic) bond motifs is 1. The highest BCUT2D eigenvalue weighted by atomic mass is 19.4. The first-order valence-electron chi connectivity index (χ1n) is 9.93. The lowest BCUT2D eigenvalue weighted by Gasteiger charge is -2.20. The van der Waals surface area contributed by atoms with Crippen LogP contribution in [0.15, 0.2) is 42.1 Å². The van der Waals surface area contributed by atoms with Gasteiger partial charge in [0, 0.05) is 23.4 Å². The standard InChI is InChI=1S/C23H24F3N3O2/c1-5-6-20(30)28-27-15(4)21-18-8-7-16(23(24,25)26)12-19(18)29(22(21)31)17-10-13(2)9-14(3)11-17/h7-12,27H,5-6H2,1-4H3,(H,28,30)/b21-15-. The molecule has 2 amide bonds. The zero-order chi connectivity index (χ0) is 22.9. The van der Waals surface area contributed by atoms with E-state index in [1.807, 2.05) is 26.8 Å². The van der Waals surface area contributed by atoms with E-state index in [4.69, 9.17) is 0 Å². The number of hydrogen-bond donors (Lipinski definition) is 2. The number of hydrogen-bond acceptors (Lipinski definition) is 3. The van der Waals surface area contributed by atoms with Crippen molar-refractivity contribution in [1.82, 2.24) is 10.9 Å². The Morgan fingerprint density at radius 1 is 1.03 bits per heavy atom. The number of hydrazine groups is 1. The molecule has 1 aliphatic heterocycles. The molecule has 0 saturated heterocycles. The molecule has 164 valence electrons. The molecule has 2 N–H and O–H groups in total. The second-order valence-corrected chi connectivity index (χ2v) is 7.64. The van der Waals surface area contributed by atoms with Crippen molar-refractivity contribution in [2.75, 3.05) is 4.90 Å². The Labute approximate surface area is 178 Å². The molecule has 5 nitrogen and oxygen atoms in total. The van der Waals surface area contributed by atoms with Gasteiger partial charge in [0.05, 0.1) is 16.8 Å². The van der Waals surface area contributed by atoms with E-state index in [9.17, 15) is 22.8 Å². The van der Waals surface area contributed by atoms with Crippen LogP contribution in [0.1, 0.15) is 48.9 Å². The Morgan fingerprint density at radius 2 is 1.68 bits per heavy atom. The lowest BCUT2D eigenvalue weighted by molar-refractivity contribution is -0.137. The molecule has 0 saturated carbocycles. The van der Waals surface area contributed by atoms with Crippen molar-refractivity contribution in [3.05, 3.63) is 64.3 Å². The van der Waals surface area contributed by atoms with Crippen LogP contribution in [0.2, 0.25) is 0 Å². The average molecular weight is 431 g/mol. The molecule has 0 spiro atoms. The summed E-state index contributed by atoms with van der Waals surface area (Å²) >= 11 is 0. The van der Waals surface area contributed by atoms with Crippen molar-refractivity contribution in [3.63, 3.8) is 0 Å². The maximum Gasteiger partial charge on any atom is 0.416 e. The van der Waals surface area contributed by atoms with E-state index in [2.05, 4.69) is 10.9 Å². The van der Waals surface area contributed by atoms with E-state index in [1.54, 1.807) is 19.1 Å². The number of nitrogens with zero attached hydrogens (tertiary/aromatic N) is 1. The van der Waals surface area contributed by atoms with E-state index < -0.39 is 17.6 Å². The highest BCUT2D eigenvalue weighted by Crippen LogP contribution is 2.45. The summed E-state index contributed by atoms with van der Waals surface area (Å²) in [6.07, 6.45) is -3.57. The number of benzene rings is 2. The fourth-order valence-corrected chi connectivity index (χ4v) is 3.65. The highest BCUT2D eigenvalue weighted by molar-refractivity contribution is 6.35. The van der Waals surface area contributed by atoms with Gasteiger partial charge in [-0.1, -0.05) is 19.1 Å². The Morgan fingerprint density at radius 3 is 2.26 bits per heavy atom.